The number of carbonyl (C=O) groups excluding carboxylic acids is 1. The monoisotopic (exact) mass is 346 g/mol. The Morgan fingerprint density at radius 2 is 2.11 bits per heavy atom. The third-order valence-corrected chi connectivity index (χ3v) is 4.02. The van der Waals surface area contributed by atoms with Crippen LogP contribution in [0.5, 0.6) is 0 Å². The Morgan fingerprint density at radius 3 is 2.68 bits per heavy atom. The molecule has 0 spiro atoms. The molecule has 0 heterocycles. The Bertz CT molecular complexity index is 439. The first kappa shape index (κ1) is 16.3. The molecule has 0 aliphatic heterocycles. The minimum absolute atomic E-state index is 0.00650. The average molecular weight is 348 g/mol. The molecule has 2 N–H and O–H groups in total. The molecule has 0 radical (unpaired) electrons. The first-order valence-electron chi connectivity index (χ1n) is 6.46. The molecule has 1 amide bonds. The fourth-order valence-electron chi connectivity index (χ4n) is 1.77. The Kier molecular flexibility index (Phi) is 6.66. The van der Waals surface area contributed by atoms with Gasteiger partial charge in [0.15, 0.2) is 0 Å². The van der Waals surface area contributed by atoms with Gasteiger partial charge in [-0.1, -0.05) is 24.9 Å². The third kappa shape index (κ3) is 5.41. The molecule has 2 unspecified atom stereocenters. The van der Waals surface area contributed by atoms with E-state index in [1.165, 1.54) is 0 Å². The second kappa shape index (κ2) is 7.75. The van der Waals surface area contributed by atoms with Crippen molar-refractivity contribution in [2.45, 2.75) is 45.7 Å². The second-order valence-electron chi connectivity index (χ2n) is 4.69. The van der Waals surface area contributed by atoms with Gasteiger partial charge in [0.25, 0.3) is 0 Å². The molecule has 3 nitrogen and oxygen atoms in total. The van der Waals surface area contributed by atoms with Gasteiger partial charge < -0.3 is 10.6 Å². The summed E-state index contributed by atoms with van der Waals surface area (Å²) >= 11 is 9.29. The van der Waals surface area contributed by atoms with E-state index < -0.39 is 0 Å². The number of nitrogens with one attached hydrogen (secondary N) is 2. The average Bonchev–Trinajstić information content (AvgIpc) is 2.34. The van der Waals surface area contributed by atoms with E-state index >= 15 is 0 Å². The Hall–Kier alpha value is -0.740. The van der Waals surface area contributed by atoms with E-state index in [2.05, 4.69) is 33.5 Å². The highest BCUT2D eigenvalue weighted by atomic mass is 79.9. The highest BCUT2D eigenvalue weighted by molar-refractivity contribution is 9.10. The lowest BCUT2D eigenvalue weighted by Gasteiger charge is -2.19. The first-order valence-corrected chi connectivity index (χ1v) is 7.63. The summed E-state index contributed by atoms with van der Waals surface area (Å²) in [7, 11) is 0. The minimum atomic E-state index is -0.285. The van der Waals surface area contributed by atoms with Gasteiger partial charge in [-0.3, -0.25) is 4.79 Å². The molecule has 0 aliphatic rings. The number of amides is 1. The zero-order chi connectivity index (χ0) is 14.4. The lowest BCUT2D eigenvalue weighted by Crippen LogP contribution is -2.42. The molecular formula is C14H20BrClN2O. The number of hydrogen-bond donors (Lipinski definition) is 2. The lowest BCUT2D eigenvalue weighted by atomic mass is 10.2. The number of rotatable bonds is 6. The minimum Gasteiger partial charge on any atom is -0.374 e. The molecule has 2 atom stereocenters. The fourth-order valence-corrected chi connectivity index (χ4v) is 2.27. The molecule has 0 aliphatic carbocycles. The van der Waals surface area contributed by atoms with E-state index in [1.54, 1.807) is 6.07 Å². The second-order valence-corrected chi connectivity index (χ2v) is 5.95. The topological polar surface area (TPSA) is 41.1 Å². The first-order chi connectivity index (χ1) is 8.93. The molecule has 1 aromatic carbocycles. The van der Waals surface area contributed by atoms with Gasteiger partial charge in [0.2, 0.25) is 5.91 Å². The molecular weight excluding hydrogens is 328 g/mol. The summed E-state index contributed by atoms with van der Waals surface area (Å²) in [6.45, 7) is 5.97. The van der Waals surface area contributed by atoms with Gasteiger partial charge >= 0.3 is 0 Å². The van der Waals surface area contributed by atoms with E-state index in [1.807, 2.05) is 26.0 Å². The van der Waals surface area contributed by atoms with Gasteiger partial charge in [-0.25, -0.2) is 0 Å². The molecule has 0 bridgehead atoms. The highest BCUT2D eigenvalue weighted by Crippen LogP contribution is 2.25. The lowest BCUT2D eigenvalue weighted by molar-refractivity contribution is -0.122. The fraction of sp³-hybridized carbons (Fsp3) is 0.500. The van der Waals surface area contributed by atoms with Gasteiger partial charge in [0.1, 0.15) is 6.04 Å². The molecule has 19 heavy (non-hydrogen) atoms. The smallest absolute Gasteiger partial charge is 0.242 e. The van der Waals surface area contributed by atoms with Crippen molar-refractivity contribution >= 4 is 39.1 Å². The number of halogens is 2. The van der Waals surface area contributed by atoms with Gasteiger partial charge in [0, 0.05) is 16.2 Å². The predicted octanol–water partition coefficient (Wildman–Crippen LogP) is 4.21. The largest absolute Gasteiger partial charge is 0.374 e. The Balaban J connectivity index is 2.56. The van der Waals surface area contributed by atoms with Crippen LogP contribution in [0.3, 0.4) is 0 Å². The summed E-state index contributed by atoms with van der Waals surface area (Å²) in [4.78, 5) is 12.0. The van der Waals surface area contributed by atoms with Crippen molar-refractivity contribution < 1.29 is 4.79 Å². The van der Waals surface area contributed by atoms with Crippen LogP contribution >= 0.6 is 27.5 Å². The van der Waals surface area contributed by atoms with E-state index in [0.717, 1.165) is 23.0 Å². The van der Waals surface area contributed by atoms with Crippen molar-refractivity contribution in [1.82, 2.24) is 5.32 Å². The summed E-state index contributed by atoms with van der Waals surface area (Å²) in [5.74, 6) is 0.00650. The molecule has 0 saturated carbocycles. The number of benzene rings is 1. The molecule has 106 valence electrons. The van der Waals surface area contributed by atoms with Crippen molar-refractivity contribution in [2.24, 2.45) is 0 Å². The maximum atomic E-state index is 12.0. The quantitative estimate of drug-likeness (QED) is 0.809. The van der Waals surface area contributed by atoms with E-state index in [0.29, 0.717) is 5.02 Å². The van der Waals surface area contributed by atoms with Crippen LogP contribution < -0.4 is 10.6 Å². The van der Waals surface area contributed by atoms with Gasteiger partial charge in [0.05, 0.1) is 5.02 Å². The van der Waals surface area contributed by atoms with Crippen LogP contribution in [0.2, 0.25) is 5.02 Å². The molecule has 0 saturated heterocycles. The summed E-state index contributed by atoms with van der Waals surface area (Å²) in [5.41, 5.74) is 0.863. The Morgan fingerprint density at radius 1 is 1.42 bits per heavy atom. The summed E-state index contributed by atoms with van der Waals surface area (Å²) in [6.07, 6.45) is 2.05. The standard InChI is InChI=1S/C14H20BrClN2O/c1-4-5-9(2)17-14(19)10(3)18-11-6-7-13(16)12(15)8-11/h6-10,18H,4-5H2,1-3H3,(H,17,19). The maximum Gasteiger partial charge on any atom is 0.242 e. The number of hydrogen-bond acceptors (Lipinski definition) is 2. The zero-order valence-electron chi connectivity index (χ0n) is 11.5. The van der Waals surface area contributed by atoms with Crippen LogP contribution in [0.1, 0.15) is 33.6 Å². The molecule has 0 aromatic heterocycles. The van der Waals surface area contributed by atoms with Crippen molar-refractivity contribution in [1.29, 1.82) is 0 Å². The molecule has 1 rings (SSSR count). The van der Waals surface area contributed by atoms with Crippen LogP contribution in [0, 0.1) is 0 Å². The zero-order valence-corrected chi connectivity index (χ0v) is 13.8. The molecule has 1 aromatic rings. The SMILES string of the molecule is CCCC(C)NC(=O)C(C)Nc1ccc(Cl)c(Br)c1. The van der Waals surface area contributed by atoms with Gasteiger partial charge in [-0.15, -0.1) is 0 Å². The predicted molar refractivity (Wildman–Crippen MR) is 84.7 cm³/mol. The summed E-state index contributed by atoms with van der Waals surface area (Å²) in [5, 5.41) is 6.80. The van der Waals surface area contributed by atoms with Crippen molar-refractivity contribution in [2.75, 3.05) is 5.32 Å². The van der Waals surface area contributed by atoms with Crippen LogP contribution in [-0.4, -0.2) is 18.0 Å². The summed E-state index contributed by atoms with van der Waals surface area (Å²) in [6, 6.07) is 5.43. The molecule has 0 fully saturated rings. The van der Waals surface area contributed by atoms with Crippen molar-refractivity contribution in [3.63, 3.8) is 0 Å². The molecule has 5 heteroatoms. The van der Waals surface area contributed by atoms with Gasteiger partial charge in [-0.05, 0) is 54.4 Å². The van der Waals surface area contributed by atoms with Crippen LogP contribution in [0.25, 0.3) is 0 Å². The van der Waals surface area contributed by atoms with E-state index in [-0.39, 0.29) is 18.0 Å². The normalized spacial score (nSPS) is 13.7. The van der Waals surface area contributed by atoms with Crippen molar-refractivity contribution in [3.05, 3.63) is 27.7 Å². The van der Waals surface area contributed by atoms with Gasteiger partial charge in [-0.2, -0.15) is 0 Å². The third-order valence-electron chi connectivity index (χ3n) is 2.81. The van der Waals surface area contributed by atoms with Crippen molar-refractivity contribution in [3.8, 4) is 0 Å². The highest BCUT2D eigenvalue weighted by Gasteiger charge is 2.14. The van der Waals surface area contributed by atoms with Crippen LogP contribution in [0.15, 0.2) is 22.7 Å². The maximum absolute atomic E-state index is 12.0. The number of anilines is 1. The van der Waals surface area contributed by atoms with Crippen LogP contribution in [-0.2, 0) is 4.79 Å². The number of carbonyl (C=O) groups is 1. The summed E-state index contributed by atoms with van der Waals surface area (Å²) < 4.78 is 0.811. The van der Waals surface area contributed by atoms with E-state index in [4.69, 9.17) is 11.6 Å². The van der Waals surface area contributed by atoms with Crippen LogP contribution in [0.4, 0.5) is 5.69 Å². The van der Waals surface area contributed by atoms with E-state index in [9.17, 15) is 4.79 Å². The Labute approximate surface area is 128 Å².